The summed E-state index contributed by atoms with van der Waals surface area (Å²) in [6.45, 7) is 1.83. The van der Waals surface area contributed by atoms with Crippen LogP contribution in [0.4, 0.5) is 5.69 Å². The number of carbonyl (C=O) groups is 1. The molecule has 1 unspecified atom stereocenters. The Hall–Kier alpha value is -2.02. The van der Waals surface area contributed by atoms with Crippen molar-refractivity contribution in [2.75, 3.05) is 51.3 Å². The predicted molar refractivity (Wildman–Crippen MR) is 135 cm³/mol. The number of halogens is 1. The van der Waals surface area contributed by atoms with E-state index in [1.807, 2.05) is 12.1 Å². The van der Waals surface area contributed by atoms with Crippen molar-refractivity contribution in [3.8, 4) is 0 Å². The average Bonchev–Trinajstić information content (AvgIpc) is 3.40. The van der Waals surface area contributed by atoms with Gasteiger partial charge in [0.2, 0.25) is 15.9 Å². The number of sulfonamides is 1. The molecule has 3 aliphatic heterocycles. The van der Waals surface area contributed by atoms with Gasteiger partial charge in [-0.25, -0.2) is 8.42 Å². The molecular weight excluding hydrogens is 512 g/mol. The van der Waals surface area contributed by atoms with Crippen LogP contribution in [-0.4, -0.2) is 86.3 Å². The van der Waals surface area contributed by atoms with E-state index < -0.39 is 21.3 Å². The molecule has 3 saturated heterocycles. The van der Waals surface area contributed by atoms with Gasteiger partial charge in [-0.2, -0.15) is 4.31 Å². The molecule has 2 aromatic heterocycles. The highest BCUT2D eigenvalue weighted by molar-refractivity contribution is 7.92. The van der Waals surface area contributed by atoms with Crippen molar-refractivity contribution >= 4 is 50.6 Å². The molecule has 0 bridgehead atoms. The number of carbonyl (C=O) groups excluding carboxylic acids is 1. The molecule has 12 heteroatoms. The fourth-order valence-corrected chi connectivity index (χ4v) is 7.34. The van der Waals surface area contributed by atoms with Crippen LogP contribution in [0.1, 0.15) is 17.7 Å². The van der Waals surface area contributed by atoms with Gasteiger partial charge in [-0.3, -0.25) is 9.78 Å². The van der Waals surface area contributed by atoms with Crippen LogP contribution in [0, 0.1) is 0 Å². The van der Waals surface area contributed by atoms with Crippen LogP contribution in [0.3, 0.4) is 0 Å². The summed E-state index contributed by atoms with van der Waals surface area (Å²) in [4.78, 5) is 22.0. The zero-order valence-electron chi connectivity index (χ0n) is 19.3. The van der Waals surface area contributed by atoms with Gasteiger partial charge in [0.25, 0.3) is 0 Å². The number of methoxy groups -OCH3 is 1. The fourth-order valence-electron chi connectivity index (χ4n) is 5.13. The maximum absolute atomic E-state index is 13.2. The number of anilines is 1. The van der Waals surface area contributed by atoms with Crippen LogP contribution < -0.4 is 4.90 Å². The van der Waals surface area contributed by atoms with Gasteiger partial charge in [-0.15, -0.1) is 11.3 Å². The summed E-state index contributed by atoms with van der Waals surface area (Å²) in [5.41, 5.74) is -0.596. The molecule has 1 spiro atoms. The third-order valence-electron chi connectivity index (χ3n) is 6.81. The number of ether oxygens (including phenoxy) is 2. The molecule has 35 heavy (non-hydrogen) atoms. The Morgan fingerprint density at radius 2 is 1.94 bits per heavy atom. The van der Waals surface area contributed by atoms with Gasteiger partial charge in [0.1, 0.15) is 0 Å². The monoisotopic (exact) mass is 538 g/mol. The van der Waals surface area contributed by atoms with Crippen LogP contribution in [0.15, 0.2) is 42.1 Å². The maximum Gasteiger partial charge on any atom is 0.240 e. The molecule has 1 amide bonds. The molecule has 0 radical (unpaired) electrons. The lowest BCUT2D eigenvalue weighted by Crippen LogP contribution is -2.65. The highest BCUT2D eigenvalue weighted by Gasteiger charge is 2.60. The van der Waals surface area contributed by atoms with Crippen molar-refractivity contribution in [3.63, 3.8) is 0 Å². The van der Waals surface area contributed by atoms with Crippen LogP contribution in [0.5, 0.6) is 0 Å². The van der Waals surface area contributed by atoms with Crippen LogP contribution in [0.25, 0.3) is 6.08 Å². The molecule has 5 rings (SSSR count). The van der Waals surface area contributed by atoms with E-state index >= 15 is 0 Å². The number of thiophene rings is 1. The van der Waals surface area contributed by atoms with Crippen molar-refractivity contribution in [3.05, 3.63) is 51.3 Å². The van der Waals surface area contributed by atoms with E-state index in [-0.39, 0.29) is 25.6 Å². The summed E-state index contributed by atoms with van der Waals surface area (Å²) >= 11 is 7.23. The molecule has 0 N–H and O–H groups in total. The Balaban J connectivity index is 1.35. The van der Waals surface area contributed by atoms with E-state index in [1.165, 1.54) is 28.8 Å². The summed E-state index contributed by atoms with van der Waals surface area (Å²) in [6.07, 6.45) is 6.48. The number of hydrogen-bond acceptors (Lipinski definition) is 8. The second-order valence-corrected chi connectivity index (χ2v) is 12.7. The number of nitrogens with zero attached hydrogens (tertiary/aromatic N) is 4. The number of rotatable bonds is 6. The lowest BCUT2D eigenvalue weighted by molar-refractivity contribution is -0.194. The highest BCUT2D eigenvalue weighted by Crippen LogP contribution is 2.44. The van der Waals surface area contributed by atoms with Gasteiger partial charge < -0.3 is 19.3 Å². The van der Waals surface area contributed by atoms with E-state index in [1.54, 1.807) is 29.4 Å². The lowest BCUT2D eigenvalue weighted by Gasteiger charge is -2.44. The summed E-state index contributed by atoms with van der Waals surface area (Å²) in [5.74, 6) is -0.280. The number of hydrogen-bond donors (Lipinski definition) is 0. The van der Waals surface area contributed by atoms with Crippen molar-refractivity contribution in [1.29, 1.82) is 0 Å². The quantitative estimate of drug-likeness (QED) is 0.558. The molecule has 1 atom stereocenters. The summed E-state index contributed by atoms with van der Waals surface area (Å²) < 4.78 is 40.2. The number of pyridine rings is 1. The Kier molecular flexibility index (Phi) is 6.66. The Morgan fingerprint density at radius 3 is 2.60 bits per heavy atom. The zero-order valence-corrected chi connectivity index (χ0v) is 21.7. The number of aromatic nitrogens is 1. The van der Waals surface area contributed by atoms with Crippen molar-refractivity contribution < 1.29 is 22.7 Å². The third-order valence-corrected chi connectivity index (χ3v) is 9.47. The SMILES string of the molecule is COCC12CN(S(=O)(=O)C=Cc3ccc(Cl)s3)CC(=O)N1CC1(CCN(c3ccncc3)CC1)O2. The second kappa shape index (κ2) is 9.45. The van der Waals surface area contributed by atoms with Crippen molar-refractivity contribution in [1.82, 2.24) is 14.2 Å². The number of amides is 1. The van der Waals surface area contributed by atoms with E-state index in [9.17, 15) is 13.2 Å². The molecular formula is C23H27ClN4O5S2. The second-order valence-electron chi connectivity index (χ2n) is 9.09. The summed E-state index contributed by atoms with van der Waals surface area (Å²) in [5, 5.41) is 1.12. The average molecular weight is 539 g/mol. The third kappa shape index (κ3) is 4.85. The standard InChI is InChI=1S/C23H27ClN4O5S2/c1-32-17-23-16-27(35(30,31)13-6-19-2-3-20(24)34-19)14-21(29)28(23)15-22(33-23)7-11-26(12-8-22)18-4-9-25-10-5-18/h2-6,9-10,13H,7-8,11-12,14-17H2,1H3. The number of fused-ring (bicyclic) bond motifs is 1. The fraction of sp³-hybridized carbons (Fsp3) is 0.478. The zero-order chi connectivity index (χ0) is 24.7. The van der Waals surface area contributed by atoms with Crippen LogP contribution in [-0.2, 0) is 24.3 Å². The first-order valence-electron chi connectivity index (χ1n) is 11.3. The lowest BCUT2D eigenvalue weighted by atomic mass is 9.91. The number of piperidine rings is 1. The summed E-state index contributed by atoms with van der Waals surface area (Å²) in [7, 11) is -2.33. The first kappa shape index (κ1) is 24.7. The van der Waals surface area contributed by atoms with Crippen molar-refractivity contribution in [2.24, 2.45) is 0 Å². The Morgan fingerprint density at radius 1 is 1.20 bits per heavy atom. The highest BCUT2D eigenvalue weighted by atomic mass is 35.5. The van der Waals surface area contributed by atoms with Gasteiger partial charge in [0.15, 0.2) is 5.72 Å². The van der Waals surface area contributed by atoms with E-state index in [2.05, 4.69) is 9.88 Å². The molecule has 3 aliphatic rings. The first-order valence-corrected chi connectivity index (χ1v) is 14.0. The van der Waals surface area contributed by atoms with E-state index in [4.69, 9.17) is 21.1 Å². The van der Waals surface area contributed by atoms with Gasteiger partial charge in [0, 0.05) is 48.6 Å². The largest absolute Gasteiger partial charge is 0.380 e. The Bertz CT molecular complexity index is 1210. The molecule has 9 nitrogen and oxygen atoms in total. The molecule has 2 aromatic rings. The maximum atomic E-state index is 13.2. The molecule has 0 aliphatic carbocycles. The van der Waals surface area contributed by atoms with Gasteiger partial charge >= 0.3 is 0 Å². The minimum atomic E-state index is -3.87. The van der Waals surface area contributed by atoms with Crippen LogP contribution >= 0.6 is 22.9 Å². The van der Waals surface area contributed by atoms with Crippen LogP contribution in [0.2, 0.25) is 4.34 Å². The first-order chi connectivity index (χ1) is 16.7. The van der Waals surface area contributed by atoms with Gasteiger partial charge in [0.05, 0.1) is 36.2 Å². The molecule has 0 saturated carbocycles. The summed E-state index contributed by atoms with van der Waals surface area (Å²) in [6, 6.07) is 7.41. The Labute approximate surface area is 213 Å². The minimum Gasteiger partial charge on any atom is -0.380 e. The molecule has 5 heterocycles. The van der Waals surface area contributed by atoms with Crippen molar-refractivity contribution in [2.45, 2.75) is 24.2 Å². The van der Waals surface area contributed by atoms with E-state index in [0.29, 0.717) is 15.8 Å². The van der Waals surface area contributed by atoms with Gasteiger partial charge in [-0.1, -0.05) is 11.6 Å². The number of piperazine rings is 1. The predicted octanol–water partition coefficient (Wildman–Crippen LogP) is 2.65. The molecule has 0 aromatic carbocycles. The minimum absolute atomic E-state index is 0.0142. The van der Waals surface area contributed by atoms with E-state index in [0.717, 1.165) is 37.0 Å². The normalized spacial score (nSPS) is 25.0. The molecule has 188 valence electrons. The smallest absolute Gasteiger partial charge is 0.240 e. The topological polar surface area (TPSA) is 92.3 Å². The molecule has 3 fully saturated rings. The van der Waals surface area contributed by atoms with Gasteiger partial charge in [-0.05, 0) is 43.2 Å².